The lowest BCUT2D eigenvalue weighted by Crippen LogP contribution is -2.31. The molecule has 0 unspecified atom stereocenters. The quantitative estimate of drug-likeness (QED) is 0.437. The lowest BCUT2D eigenvalue weighted by atomic mass is 10.1. The van der Waals surface area contributed by atoms with Gasteiger partial charge in [0.15, 0.2) is 12.3 Å². The Morgan fingerprint density at radius 1 is 1.17 bits per heavy atom. The Balaban J connectivity index is 1.62. The van der Waals surface area contributed by atoms with E-state index in [-0.39, 0.29) is 30.1 Å². The van der Waals surface area contributed by atoms with E-state index in [9.17, 15) is 26.7 Å². The maximum atomic E-state index is 13.3. The van der Waals surface area contributed by atoms with Crippen molar-refractivity contribution >= 4 is 11.7 Å². The van der Waals surface area contributed by atoms with Crippen molar-refractivity contribution in [2.75, 3.05) is 18.5 Å². The van der Waals surface area contributed by atoms with Gasteiger partial charge in [-0.3, -0.25) is 4.68 Å². The Morgan fingerprint density at radius 3 is 2.53 bits per heavy atom. The van der Waals surface area contributed by atoms with E-state index in [0.29, 0.717) is 28.2 Å². The van der Waals surface area contributed by atoms with Gasteiger partial charge in [0, 0.05) is 37.5 Å². The van der Waals surface area contributed by atoms with Gasteiger partial charge in [0.2, 0.25) is 5.88 Å². The average Bonchev–Trinajstić information content (AvgIpc) is 3.17. The summed E-state index contributed by atoms with van der Waals surface area (Å²) in [6.07, 6.45) is -5.80. The first-order chi connectivity index (χ1) is 16.8. The number of halogens is 5. The zero-order valence-electron chi connectivity index (χ0n) is 19.9. The Hall–Kier alpha value is -3.84. The number of nitrogens with one attached hydrogen (secondary N) is 2. The number of aryl methyl sites for hydroxylation is 3. The Kier molecular flexibility index (Phi) is 8.05. The third kappa shape index (κ3) is 6.64. The summed E-state index contributed by atoms with van der Waals surface area (Å²) in [7, 11) is 1.39. The van der Waals surface area contributed by atoms with Crippen LogP contribution < -0.4 is 15.4 Å². The molecular formula is C22H24F5N7O2. The van der Waals surface area contributed by atoms with E-state index in [1.54, 1.807) is 32.9 Å². The van der Waals surface area contributed by atoms with Gasteiger partial charge >= 0.3 is 12.2 Å². The van der Waals surface area contributed by atoms with E-state index in [1.807, 2.05) is 0 Å². The van der Waals surface area contributed by atoms with Crippen LogP contribution in [0.25, 0.3) is 11.3 Å². The van der Waals surface area contributed by atoms with Crippen LogP contribution in [0.4, 0.5) is 32.4 Å². The minimum Gasteiger partial charge on any atom is -0.471 e. The molecule has 0 bridgehead atoms. The molecule has 0 spiro atoms. The summed E-state index contributed by atoms with van der Waals surface area (Å²) in [5.74, 6) is -0.00117. The number of urea groups is 1. The third-order valence-electron chi connectivity index (χ3n) is 5.00. The number of anilines is 1. The summed E-state index contributed by atoms with van der Waals surface area (Å²) in [5.41, 5.74) is 1.00. The molecule has 3 aromatic rings. The largest absolute Gasteiger partial charge is 0.471 e. The lowest BCUT2D eigenvalue weighted by molar-refractivity contribution is -0.141. The fraction of sp³-hybridized carbons (Fsp3) is 0.409. The molecule has 0 saturated heterocycles. The number of ether oxygens (including phenoxy) is 1. The van der Waals surface area contributed by atoms with Crippen LogP contribution in [0.15, 0.2) is 18.3 Å². The molecule has 0 fully saturated rings. The molecule has 3 rings (SSSR count). The van der Waals surface area contributed by atoms with E-state index in [2.05, 4.69) is 30.9 Å². The zero-order chi connectivity index (χ0) is 26.6. The highest BCUT2D eigenvalue weighted by atomic mass is 19.4. The fourth-order valence-electron chi connectivity index (χ4n) is 3.39. The van der Waals surface area contributed by atoms with Gasteiger partial charge in [0.1, 0.15) is 0 Å². The summed E-state index contributed by atoms with van der Waals surface area (Å²) < 4.78 is 70.8. The smallest absolute Gasteiger partial charge is 0.435 e. The number of alkyl halides is 5. The molecule has 0 radical (unpaired) electrons. The van der Waals surface area contributed by atoms with Crippen LogP contribution in [0.2, 0.25) is 0 Å². The van der Waals surface area contributed by atoms with Crippen LogP contribution in [-0.2, 0) is 19.6 Å². The summed E-state index contributed by atoms with van der Waals surface area (Å²) >= 11 is 0. The van der Waals surface area contributed by atoms with E-state index in [4.69, 9.17) is 4.74 Å². The molecule has 36 heavy (non-hydrogen) atoms. The number of hydrogen-bond acceptors (Lipinski definition) is 6. The predicted molar refractivity (Wildman–Crippen MR) is 120 cm³/mol. The zero-order valence-corrected chi connectivity index (χ0v) is 19.9. The van der Waals surface area contributed by atoms with Gasteiger partial charge in [0.25, 0.3) is 6.43 Å². The number of carbonyl (C=O) groups excluding carboxylic acids is 1. The normalized spacial score (nSPS) is 11.6. The van der Waals surface area contributed by atoms with Gasteiger partial charge in [0.05, 0.1) is 22.6 Å². The minimum absolute atomic E-state index is 0.00117. The molecule has 0 atom stereocenters. The molecule has 0 aromatic carbocycles. The maximum Gasteiger partial charge on any atom is 0.435 e. The molecule has 2 N–H and O–H groups in total. The predicted octanol–water partition coefficient (Wildman–Crippen LogP) is 4.22. The second-order valence-electron chi connectivity index (χ2n) is 8.00. The maximum absolute atomic E-state index is 13.3. The molecule has 0 aliphatic rings. The van der Waals surface area contributed by atoms with Gasteiger partial charge in [-0.15, -0.1) is 5.10 Å². The SMILES string of the molecule is Cc1cc(NC(=O)NCCc2cc(C)c(-c3cn(C)nc3C(F)(F)F)nn2)c(C)c(OCC(F)F)n1. The monoisotopic (exact) mass is 513 g/mol. The number of hydrogen-bond donors (Lipinski definition) is 2. The average molecular weight is 513 g/mol. The molecule has 9 nitrogen and oxygen atoms in total. The number of aromatic nitrogens is 5. The molecular weight excluding hydrogens is 489 g/mol. The second kappa shape index (κ2) is 10.8. The topological polar surface area (TPSA) is 107 Å². The Bertz CT molecular complexity index is 1240. The van der Waals surface area contributed by atoms with Crippen molar-refractivity contribution in [3.8, 4) is 17.1 Å². The van der Waals surface area contributed by atoms with Crippen LogP contribution in [0, 0.1) is 20.8 Å². The Labute approximate surface area is 203 Å². The van der Waals surface area contributed by atoms with Gasteiger partial charge in [-0.05, 0) is 38.5 Å². The van der Waals surface area contributed by atoms with Gasteiger partial charge in [-0.25, -0.2) is 18.6 Å². The van der Waals surface area contributed by atoms with E-state index in [1.165, 1.54) is 13.2 Å². The first kappa shape index (κ1) is 26.8. The van der Waals surface area contributed by atoms with Gasteiger partial charge in [-0.2, -0.15) is 23.4 Å². The first-order valence-corrected chi connectivity index (χ1v) is 10.7. The highest BCUT2D eigenvalue weighted by molar-refractivity contribution is 5.90. The van der Waals surface area contributed by atoms with Crippen LogP contribution in [0.3, 0.4) is 0 Å². The van der Waals surface area contributed by atoms with Crippen molar-refractivity contribution in [3.63, 3.8) is 0 Å². The highest BCUT2D eigenvalue weighted by Crippen LogP contribution is 2.36. The molecule has 194 valence electrons. The van der Waals surface area contributed by atoms with Crippen LogP contribution in [0.5, 0.6) is 5.88 Å². The summed E-state index contributed by atoms with van der Waals surface area (Å²) in [6.45, 7) is 4.15. The van der Waals surface area contributed by atoms with E-state index >= 15 is 0 Å². The number of nitrogens with zero attached hydrogens (tertiary/aromatic N) is 5. The van der Waals surface area contributed by atoms with Crippen molar-refractivity contribution in [1.29, 1.82) is 0 Å². The van der Waals surface area contributed by atoms with Crippen LogP contribution in [0.1, 0.15) is 28.2 Å². The van der Waals surface area contributed by atoms with E-state index < -0.39 is 30.9 Å². The number of carbonyl (C=O) groups is 1. The second-order valence-corrected chi connectivity index (χ2v) is 8.00. The highest BCUT2D eigenvalue weighted by Gasteiger charge is 2.38. The molecule has 2 amide bonds. The van der Waals surface area contributed by atoms with Crippen molar-refractivity contribution in [1.82, 2.24) is 30.3 Å². The fourth-order valence-corrected chi connectivity index (χ4v) is 3.39. The van der Waals surface area contributed by atoms with Crippen molar-refractivity contribution in [2.24, 2.45) is 7.05 Å². The van der Waals surface area contributed by atoms with Crippen LogP contribution >= 0.6 is 0 Å². The lowest BCUT2D eigenvalue weighted by Gasteiger charge is -2.14. The minimum atomic E-state index is -4.64. The molecule has 0 saturated carbocycles. The van der Waals surface area contributed by atoms with Crippen molar-refractivity contribution in [2.45, 2.75) is 39.8 Å². The Morgan fingerprint density at radius 2 is 1.89 bits per heavy atom. The number of rotatable bonds is 8. The van der Waals surface area contributed by atoms with Gasteiger partial charge in [-0.1, -0.05) is 0 Å². The third-order valence-corrected chi connectivity index (χ3v) is 5.00. The summed E-state index contributed by atoms with van der Waals surface area (Å²) in [4.78, 5) is 16.4. The van der Waals surface area contributed by atoms with E-state index in [0.717, 1.165) is 4.68 Å². The number of amides is 2. The van der Waals surface area contributed by atoms with Gasteiger partial charge < -0.3 is 15.4 Å². The molecule has 0 aliphatic heterocycles. The van der Waals surface area contributed by atoms with Crippen molar-refractivity contribution < 1.29 is 31.5 Å². The molecule has 3 aromatic heterocycles. The summed E-state index contributed by atoms with van der Waals surface area (Å²) in [5, 5.41) is 16.7. The summed E-state index contributed by atoms with van der Waals surface area (Å²) in [6, 6.07) is 2.61. The standard InChI is InChI=1S/C22H24F5N7O2/c1-11-7-14(31-32-18(11)15-9-34(4)33-19(15)22(25,26)27)5-6-28-21(35)30-16-8-12(2)29-20(13(16)3)36-10-17(23)24/h7-9,17H,5-6,10H2,1-4H3,(H2,28,29,30,35). The number of pyridine rings is 1. The van der Waals surface area contributed by atoms with Crippen LogP contribution in [-0.4, -0.2) is 50.6 Å². The van der Waals surface area contributed by atoms with Crippen molar-refractivity contribution in [3.05, 3.63) is 46.5 Å². The first-order valence-electron chi connectivity index (χ1n) is 10.7. The molecule has 0 aliphatic carbocycles. The molecule has 3 heterocycles. The molecule has 14 heteroatoms.